The van der Waals surface area contributed by atoms with Crippen molar-refractivity contribution in [1.82, 2.24) is 10.3 Å². The van der Waals surface area contributed by atoms with Crippen LogP contribution in [0, 0.1) is 0 Å². The molecule has 1 aliphatic rings. The molecule has 0 spiro atoms. The van der Waals surface area contributed by atoms with E-state index >= 15 is 0 Å². The first-order valence-electron chi connectivity index (χ1n) is 6.81. The van der Waals surface area contributed by atoms with Crippen molar-refractivity contribution in [2.45, 2.75) is 25.4 Å². The number of rotatable bonds is 4. The molecule has 0 bridgehead atoms. The van der Waals surface area contributed by atoms with Gasteiger partial charge in [-0.05, 0) is 31.0 Å². The van der Waals surface area contributed by atoms with Gasteiger partial charge in [0.05, 0.1) is 12.5 Å². The van der Waals surface area contributed by atoms with Crippen LogP contribution >= 0.6 is 0 Å². The second kappa shape index (κ2) is 5.89. The zero-order chi connectivity index (χ0) is 12.9. The third-order valence-corrected chi connectivity index (χ3v) is 3.70. The second-order valence-corrected chi connectivity index (χ2v) is 4.98. The van der Waals surface area contributed by atoms with E-state index in [0.29, 0.717) is 6.04 Å². The lowest BCUT2D eigenvalue weighted by atomic mass is 10.0. The molecule has 19 heavy (non-hydrogen) atoms. The molecule has 100 valence electrons. The number of hydrogen-bond donors (Lipinski definition) is 1. The third-order valence-electron chi connectivity index (χ3n) is 3.70. The normalized spacial score (nSPS) is 16.7. The summed E-state index contributed by atoms with van der Waals surface area (Å²) in [5.41, 5.74) is 2.50. The molecule has 0 aromatic carbocycles. The molecule has 1 aliphatic heterocycles. The molecule has 0 saturated carbocycles. The van der Waals surface area contributed by atoms with Crippen LogP contribution in [0.5, 0.6) is 0 Å². The maximum Gasteiger partial charge on any atom is 0.0947 e. The monoisotopic (exact) mass is 257 g/mol. The molecule has 0 aliphatic carbocycles. The van der Waals surface area contributed by atoms with Crippen LogP contribution in [0.3, 0.4) is 0 Å². The predicted molar refractivity (Wildman–Crippen MR) is 75.0 cm³/mol. The van der Waals surface area contributed by atoms with Crippen LogP contribution in [0.1, 0.15) is 18.4 Å². The summed E-state index contributed by atoms with van der Waals surface area (Å²) in [6.45, 7) is 3.11. The number of anilines is 1. The highest BCUT2D eigenvalue weighted by Crippen LogP contribution is 2.19. The lowest BCUT2D eigenvalue weighted by Crippen LogP contribution is -2.42. The van der Waals surface area contributed by atoms with Crippen molar-refractivity contribution in [3.05, 3.63) is 48.7 Å². The number of nitrogens with zero attached hydrogens (tertiary/aromatic N) is 2. The quantitative estimate of drug-likeness (QED) is 0.913. The van der Waals surface area contributed by atoms with Gasteiger partial charge in [-0.15, -0.1) is 0 Å². The lowest BCUT2D eigenvalue weighted by Gasteiger charge is -2.34. The second-order valence-electron chi connectivity index (χ2n) is 4.98. The van der Waals surface area contributed by atoms with Crippen molar-refractivity contribution in [1.29, 1.82) is 0 Å². The molecule has 4 heteroatoms. The molecule has 4 nitrogen and oxygen atoms in total. The largest absolute Gasteiger partial charge is 0.472 e. The van der Waals surface area contributed by atoms with Gasteiger partial charge in [0.2, 0.25) is 0 Å². The van der Waals surface area contributed by atoms with Crippen LogP contribution in [0.15, 0.2) is 47.5 Å². The van der Waals surface area contributed by atoms with E-state index in [-0.39, 0.29) is 0 Å². The number of hydrogen-bond acceptors (Lipinski definition) is 4. The molecule has 0 atom stereocenters. The molecule has 0 unspecified atom stereocenters. The molecule has 3 heterocycles. The van der Waals surface area contributed by atoms with Gasteiger partial charge in [-0.2, -0.15) is 0 Å². The Bertz CT molecular complexity index is 475. The van der Waals surface area contributed by atoms with Crippen molar-refractivity contribution < 1.29 is 4.42 Å². The Morgan fingerprint density at radius 3 is 2.68 bits per heavy atom. The van der Waals surface area contributed by atoms with Crippen molar-refractivity contribution in [2.75, 3.05) is 18.0 Å². The zero-order valence-corrected chi connectivity index (χ0v) is 11.0. The molecular weight excluding hydrogens is 238 g/mol. The van der Waals surface area contributed by atoms with Crippen LogP contribution < -0.4 is 10.2 Å². The molecule has 1 N–H and O–H groups in total. The smallest absolute Gasteiger partial charge is 0.0947 e. The Kier molecular flexibility index (Phi) is 3.79. The Labute approximate surface area is 113 Å². The van der Waals surface area contributed by atoms with Crippen LogP contribution in [0.25, 0.3) is 0 Å². The number of pyridine rings is 1. The van der Waals surface area contributed by atoms with Gasteiger partial charge < -0.3 is 14.6 Å². The summed E-state index contributed by atoms with van der Waals surface area (Å²) in [4.78, 5) is 6.49. The van der Waals surface area contributed by atoms with Crippen molar-refractivity contribution in [2.24, 2.45) is 0 Å². The lowest BCUT2D eigenvalue weighted by molar-refractivity contribution is 0.413. The van der Waals surface area contributed by atoms with E-state index in [2.05, 4.69) is 27.3 Å². The predicted octanol–water partition coefficient (Wildman–Crippen LogP) is 2.43. The molecule has 0 amide bonds. The van der Waals surface area contributed by atoms with Crippen LogP contribution in [-0.4, -0.2) is 24.1 Å². The number of piperidine rings is 1. The van der Waals surface area contributed by atoms with Crippen molar-refractivity contribution >= 4 is 5.69 Å². The van der Waals surface area contributed by atoms with Crippen LogP contribution in [0.2, 0.25) is 0 Å². The van der Waals surface area contributed by atoms with Gasteiger partial charge in [-0.25, -0.2) is 0 Å². The number of nitrogens with one attached hydrogen (secondary N) is 1. The van der Waals surface area contributed by atoms with E-state index < -0.39 is 0 Å². The summed E-state index contributed by atoms with van der Waals surface area (Å²) in [5.74, 6) is 0. The highest BCUT2D eigenvalue weighted by molar-refractivity contribution is 5.44. The summed E-state index contributed by atoms with van der Waals surface area (Å²) in [6.07, 6.45) is 9.61. The first-order valence-corrected chi connectivity index (χ1v) is 6.81. The topological polar surface area (TPSA) is 41.3 Å². The van der Waals surface area contributed by atoms with E-state index in [0.717, 1.165) is 19.6 Å². The Morgan fingerprint density at radius 2 is 2.00 bits per heavy atom. The van der Waals surface area contributed by atoms with Gasteiger partial charge in [0.15, 0.2) is 0 Å². The first kappa shape index (κ1) is 12.2. The fraction of sp³-hybridized carbons (Fsp3) is 0.400. The van der Waals surface area contributed by atoms with Crippen LogP contribution in [-0.2, 0) is 6.54 Å². The minimum Gasteiger partial charge on any atom is -0.472 e. The van der Waals surface area contributed by atoms with E-state index in [9.17, 15) is 0 Å². The average molecular weight is 257 g/mol. The maximum absolute atomic E-state index is 5.08. The first-order chi connectivity index (χ1) is 9.42. The van der Waals surface area contributed by atoms with Gasteiger partial charge in [0.1, 0.15) is 0 Å². The molecule has 1 fully saturated rings. The van der Waals surface area contributed by atoms with Crippen LogP contribution in [0.4, 0.5) is 5.69 Å². The fourth-order valence-corrected chi connectivity index (χ4v) is 2.55. The zero-order valence-electron chi connectivity index (χ0n) is 11.0. The summed E-state index contributed by atoms with van der Waals surface area (Å²) in [7, 11) is 0. The van der Waals surface area contributed by atoms with E-state index in [1.165, 1.54) is 24.1 Å². The van der Waals surface area contributed by atoms with Crippen molar-refractivity contribution in [3.63, 3.8) is 0 Å². The van der Waals surface area contributed by atoms with Crippen molar-refractivity contribution in [3.8, 4) is 0 Å². The Balaban J connectivity index is 1.47. The SMILES string of the molecule is c1cc(N2CCC(NCc3ccoc3)CC2)ccn1. The third kappa shape index (κ3) is 3.15. The number of aromatic nitrogens is 1. The van der Waals surface area contributed by atoms with Gasteiger partial charge >= 0.3 is 0 Å². The average Bonchev–Trinajstić information content (AvgIpc) is 3.00. The van der Waals surface area contributed by atoms with Gasteiger partial charge in [0.25, 0.3) is 0 Å². The minimum atomic E-state index is 0.605. The highest BCUT2D eigenvalue weighted by Gasteiger charge is 2.18. The molecular formula is C15H19N3O. The van der Waals surface area contributed by atoms with Gasteiger partial charge in [0, 0.05) is 49.3 Å². The van der Waals surface area contributed by atoms with Gasteiger partial charge in [-0.3, -0.25) is 4.98 Å². The highest BCUT2D eigenvalue weighted by atomic mass is 16.3. The van der Waals surface area contributed by atoms with E-state index in [1.54, 1.807) is 12.5 Å². The standard InChI is InChI=1S/C15H19N3O/c1-6-16-7-2-15(1)18-8-3-14(4-9-18)17-11-13-5-10-19-12-13/h1-2,5-7,10,12,14,17H,3-4,8-9,11H2. The Morgan fingerprint density at radius 1 is 1.21 bits per heavy atom. The van der Waals surface area contributed by atoms with Gasteiger partial charge in [-0.1, -0.05) is 0 Å². The maximum atomic E-state index is 5.08. The molecule has 1 saturated heterocycles. The Hall–Kier alpha value is -1.81. The van der Waals surface area contributed by atoms with E-state index in [1.807, 2.05) is 18.5 Å². The summed E-state index contributed by atoms with van der Waals surface area (Å²) in [6, 6.07) is 6.78. The number of furan rings is 1. The summed E-state index contributed by atoms with van der Waals surface area (Å²) in [5, 5.41) is 3.60. The summed E-state index contributed by atoms with van der Waals surface area (Å²) >= 11 is 0. The molecule has 2 aromatic rings. The van der Waals surface area contributed by atoms with E-state index in [4.69, 9.17) is 4.42 Å². The molecule has 0 radical (unpaired) electrons. The molecule has 2 aromatic heterocycles. The fourth-order valence-electron chi connectivity index (χ4n) is 2.55. The molecule has 3 rings (SSSR count). The summed E-state index contributed by atoms with van der Waals surface area (Å²) < 4.78 is 5.08. The minimum absolute atomic E-state index is 0.605.